The van der Waals surface area contributed by atoms with Crippen LogP contribution in [0.15, 0.2) is 15.7 Å². The molecule has 28 heavy (non-hydrogen) atoms. The maximum Gasteiger partial charge on any atom is 0.232 e. The summed E-state index contributed by atoms with van der Waals surface area (Å²) in [5, 5.41) is 3.50. The van der Waals surface area contributed by atoms with Crippen LogP contribution in [-0.4, -0.2) is 91.7 Å². The largest absolute Gasteiger partial charge is 0.480 e. The fraction of sp³-hybridized carbons (Fsp3) is 0.722. The van der Waals surface area contributed by atoms with Crippen molar-refractivity contribution in [3.05, 3.63) is 10.7 Å². The van der Waals surface area contributed by atoms with Gasteiger partial charge in [-0.1, -0.05) is 6.92 Å². The second kappa shape index (κ2) is 12.6. The van der Waals surface area contributed by atoms with Crippen molar-refractivity contribution in [3.63, 3.8) is 0 Å². The average Bonchev–Trinajstić information content (AvgIpc) is 2.68. The van der Waals surface area contributed by atoms with Gasteiger partial charge in [-0.05, 0) is 36.3 Å². The van der Waals surface area contributed by atoms with Gasteiger partial charge in [0.1, 0.15) is 0 Å². The van der Waals surface area contributed by atoms with Crippen molar-refractivity contribution in [1.82, 2.24) is 25.1 Å². The van der Waals surface area contributed by atoms with Crippen LogP contribution >= 0.6 is 39.9 Å². The minimum Gasteiger partial charge on any atom is -0.480 e. The third kappa shape index (κ3) is 6.87. The first-order chi connectivity index (χ1) is 13.0. The predicted molar refractivity (Wildman–Crippen MR) is 129 cm³/mol. The minimum atomic E-state index is 0. The van der Waals surface area contributed by atoms with Crippen LogP contribution in [0, 0.1) is 0 Å². The number of piperazine rings is 1. The number of methoxy groups -OCH3 is 1. The highest BCUT2D eigenvalue weighted by Crippen LogP contribution is 2.23. The smallest absolute Gasteiger partial charge is 0.232 e. The van der Waals surface area contributed by atoms with Crippen molar-refractivity contribution >= 4 is 51.8 Å². The van der Waals surface area contributed by atoms with Gasteiger partial charge in [0.15, 0.2) is 5.96 Å². The third-order valence-electron chi connectivity index (χ3n) is 4.79. The number of aromatic nitrogens is 2. The number of ether oxygens (including phenoxy) is 1. The molecule has 0 bridgehead atoms. The van der Waals surface area contributed by atoms with Crippen LogP contribution in [0.3, 0.4) is 0 Å². The lowest BCUT2D eigenvalue weighted by atomic mass is 10.3. The summed E-state index contributed by atoms with van der Waals surface area (Å²) in [6.07, 6.45) is 1.74. The lowest BCUT2D eigenvalue weighted by molar-refractivity contribution is 0.236. The highest BCUT2D eigenvalue weighted by Gasteiger charge is 2.22. The topological polar surface area (TPSA) is 69.1 Å². The second-order valence-corrected chi connectivity index (χ2v) is 7.55. The van der Waals surface area contributed by atoms with Gasteiger partial charge in [-0.25, -0.2) is 4.98 Å². The van der Waals surface area contributed by atoms with Gasteiger partial charge in [0.25, 0.3) is 0 Å². The molecular formula is C18H33BrIN7O. The van der Waals surface area contributed by atoms with E-state index in [0.717, 1.165) is 56.2 Å². The SMILES string of the molecule is CCN(CCNC(=NC)N1CCN(c2ncc(Br)c(OC)n2)CC1)C(C)C.I. The molecule has 1 aliphatic heterocycles. The molecule has 0 unspecified atom stereocenters. The fourth-order valence-electron chi connectivity index (χ4n) is 3.18. The van der Waals surface area contributed by atoms with Crippen LogP contribution in [0.5, 0.6) is 5.88 Å². The molecule has 0 atom stereocenters. The van der Waals surface area contributed by atoms with E-state index in [1.165, 1.54) is 0 Å². The van der Waals surface area contributed by atoms with Crippen LogP contribution in [0.4, 0.5) is 5.95 Å². The summed E-state index contributed by atoms with van der Waals surface area (Å²) < 4.78 is 6.04. The first-order valence-corrected chi connectivity index (χ1v) is 10.3. The van der Waals surface area contributed by atoms with E-state index in [1.807, 2.05) is 7.05 Å². The van der Waals surface area contributed by atoms with Gasteiger partial charge >= 0.3 is 0 Å². The molecule has 1 N–H and O–H groups in total. The van der Waals surface area contributed by atoms with Gasteiger partial charge in [-0.2, -0.15) is 4.98 Å². The summed E-state index contributed by atoms with van der Waals surface area (Å²) >= 11 is 3.40. The van der Waals surface area contributed by atoms with Crippen molar-refractivity contribution in [2.45, 2.75) is 26.8 Å². The molecule has 1 aromatic heterocycles. The van der Waals surface area contributed by atoms with E-state index in [1.54, 1.807) is 13.3 Å². The molecule has 8 nitrogen and oxygen atoms in total. The van der Waals surface area contributed by atoms with Gasteiger partial charge in [0.2, 0.25) is 11.8 Å². The number of likely N-dealkylation sites (N-methyl/N-ethyl adjacent to an activating group) is 1. The number of anilines is 1. The van der Waals surface area contributed by atoms with Crippen molar-refractivity contribution in [2.75, 3.05) is 64.9 Å². The molecule has 1 saturated heterocycles. The zero-order chi connectivity index (χ0) is 19.8. The van der Waals surface area contributed by atoms with Crippen LogP contribution in [0.2, 0.25) is 0 Å². The first-order valence-electron chi connectivity index (χ1n) is 9.51. The van der Waals surface area contributed by atoms with Gasteiger partial charge in [-0.3, -0.25) is 9.89 Å². The van der Waals surface area contributed by atoms with Crippen LogP contribution in [0.1, 0.15) is 20.8 Å². The van der Waals surface area contributed by atoms with Crippen LogP contribution < -0.4 is 15.0 Å². The monoisotopic (exact) mass is 569 g/mol. The molecule has 2 rings (SSSR count). The molecule has 1 aliphatic rings. The van der Waals surface area contributed by atoms with Gasteiger partial charge in [0, 0.05) is 52.4 Å². The summed E-state index contributed by atoms with van der Waals surface area (Å²) in [6, 6.07) is 0.560. The normalized spacial score (nSPS) is 15.1. The molecule has 0 aliphatic carbocycles. The third-order valence-corrected chi connectivity index (χ3v) is 5.33. The van der Waals surface area contributed by atoms with E-state index in [-0.39, 0.29) is 24.0 Å². The molecular weight excluding hydrogens is 537 g/mol. The maximum absolute atomic E-state index is 5.27. The number of aliphatic imine (C=N–C) groups is 1. The van der Waals surface area contributed by atoms with Gasteiger partial charge < -0.3 is 19.9 Å². The van der Waals surface area contributed by atoms with Crippen molar-refractivity contribution in [3.8, 4) is 5.88 Å². The number of guanidine groups is 1. The number of nitrogens with one attached hydrogen (secondary N) is 1. The Morgan fingerprint density at radius 3 is 2.57 bits per heavy atom. The van der Waals surface area contributed by atoms with E-state index in [0.29, 0.717) is 17.9 Å². The van der Waals surface area contributed by atoms with Crippen molar-refractivity contribution < 1.29 is 4.74 Å². The molecule has 0 radical (unpaired) electrons. The molecule has 0 spiro atoms. The standard InChI is InChI=1S/C18H32BrN7O.HI/c1-6-24(14(2)3)8-7-21-17(20-4)25-9-11-26(12-10-25)18-22-13-15(19)16(23-18)27-5;/h13-14H,6-12H2,1-5H3,(H,20,21);1H. The van der Waals surface area contributed by atoms with E-state index in [4.69, 9.17) is 4.74 Å². The highest BCUT2D eigenvalue weighted by molar-refractivity contribution is 14.0. The Balaban J connectivity index is 0.00000392. The molecule has 160 valence electrons. The number of rotatable bonds is 7. The Labute approximate surface area is 194 Å². The number of nitrogens with zero attached hydrogens (tertiary/aromatic N) is 6. The Kier molecular flexibility index (Phi) is 11.4. The quantitative estimate of drug-likeness (QED) is 0.307. The van der Waals surface area contributed by atoms with Gasteiger partial charge in [0.05, 0.1) is 17.8 Å². The van der Waals surface area contributed by atoms with Crippen LogP contribution in [-0.2, 0) is 0 Å². The van der Waals surface area contributed by atoms with E-state index in [2.05, 4.69) is 71.7 Å². The fourth-order valence-corrected chi connectivity index (χ4v) is 3.53. The molecule has 10 heteroatoms. The highest BCUT2D eigenvalue weighted by atomic mass is 127. The van der Waals surface area contributed by atoms with E-state index < -0.39 is 0 Å². The molecule has 0 aromatic carbocycles. The zero-order valence-electron chi connectivity index (χ0n) is 17.5. The Bertz CT molecular complexity index is 624. The lowest BCUT2D eigenvalue weighted by Gasteiger charge is -2.36. The molecule has 2 heterocycles. The Hall–Kier alpha value is -0.880. The Morgan fingerprint density at radius 2 is 2.04 bits per heavy atom. The first kappa shape index (κ1) is 25.2. The van der Waals surface area contributed by atoms with Crippen molar-refractivity contribution in [1.29, 1.82) is 0 Å². The second-order valence-electron chi connectivity index (χ2n) is 6.70. The van der Waals surface area contributed by atoms with E-state index in [9.17, 15) is 0 Å². The number of hydrogen-bond donors (Lipinski definition) is 1. The van der Waals surface area contributed by atoms with Crippen molar-refractivity contribution in [2.24, 2.45) is 4.99 Å². The molecule has 1 aromatic rings. The van der Waals surface area contributed by atoms with Gasteiger partial charge in [-0.15, -0.1) is 24.0 Å². The molecule has 0 amide bonds. The zero-order valence-corrected chi connectivity index (χ0v) is 21.4. The molecule has 0 saturated carbocycles. The maximum atomic E-state index is 5.27. The Morgan fingerprint density at radius 1 is 1.36 bits per heavy atom. The number of halogens is 2. The summed E-state index contributed by atoms with van der Waals surface area (Å²) in [4.78, 5) is 20.2. The summed E-state index contributed by atoms with van der Waals surface area (Å²) in [5.41, 5.74) is 0. The average molecular weight is 570 g/mol. The predicted octanol–water partition coefficient (Wildman–Crippen LogP) is 2.29. The summed E-state index contributed by atoms with van der Waals surface area (Å²) in [7, 11) is 3.46. The minimum absolute atomic E-state index is 0. The lowest BCUT2D eigenvalue weighted by Crippen LogP contribution is -2.53. The van der Waals surface area contributed by atoms with Crippen LogP contribution in [0.25, 0.3) is 0 Å². The van der Waals surface area contributed by atoms with E-state index >= 15 is 0 Å². The summed E-state index contributed by atoms with van der Waals surface area (Å²) in [5.74, 6) is 2.22. The molecule has 1 fully saturated rings. The summed E-state index contributed by atoms with van der Waals surface area (Å²) in [6.45, 7) is 13.1. The number of hydrogen-bond acceptors (Lipinski definition) is 6.